The Hall–Kier alpha value is -0.180. The zero-order chi connectivity index (χ0) is 10.2. The Morgan fingerprint density at radius 2 is 2.29 bits per heavy atom. The molecule has 0 bridgehead atoms. The van der Waals surface area contributed by atoms with E-state index in [0.29, 0.717) is 16.7 Å². The van der Waals surface area contributed by atoms with E-state index in [2.05, 4.69) is 31.1 Å². The second-order valence-corrected chi connectivity index (χ2v) is 6.58. The number of nitrogens with zero attached hydrogens (tertiary/aromatic N) is 1. The Bertz CT molecular complexity index is 248. The summed E-state index contributed by atoms with van der Waals surface area (Å²) in [4.78, 5) is 4.51. The summed E-state index contributed by atoms with van der Waals surface area (Å²) in [5, 5.41) is 5.46. The van der Waals surface area contributed by atoms with Crippen molar-refractivity contribution in [2.75, 3.05) is 6.54 Å². The standard InChI is InChI=1S/C11H20N2S/c1-8-7-12-10(14-8)13-9-5-4-6-11(9,2)3/h8-9H,4-7H2,1-3H3,(H,12,13). The first kappa shape index (κ1) is 10.3. The van der Waals surface area contributed by atoms with Crippen LogP contribution in [0.4, 0.5) is 0 Å². The van der Waals surface area contributed by atoms with Gasteiger partial charge in [0, 0.05) is 11.3 Å². The molecule has 2 aliphatic rings. The molecule has 0 aromatic rings. The van der Waals surface area contributed by atoms with Crippen LogP contribution in [0.3, 0.4) is 0 Å². The van der Waals surface area contributed by atoms with Gasteiger partial charge >= 0.3 is 0 Å². The van der Waals surface area contributed by atoms with Crippen molar-refractivity contribution in [2.45, 2.75) is 51.3 Å². The van der Waals surface area contributed by atoms with Crippen LogP contribution in [0.1, 0.15) is 40.0 Å². The first-order valence-corrected chi connectivity index (χ1v) is 6.43. The minimum absolute atomic E-state index is 0.453. The van der Waals surface area contributed by atoms with Gasteiger partial charge in [-0.1, -0.05) is 39.0 Å². The van der Waals surface area contributed by atoms with Crippen LogP contribution in [0.2, 0.25) is 0 Å². The number of rotatable bonds is 1. The number of aliphatic imine (C=N–C) groups is 1. The van der Waals surface area contributed by atoms with Crippen LogP contribution in [0.25, 0.3) is 0 Å². The molecular weight excluding hydrogens is 192 g/mol. The Labute approximate surface area is 90.9 Å². The molecule has 2 rings (SSSR count). The Morgan fingerprint density at radius 1 is 1.50 bits per heavy atom. The quantitative estimate of drug-likeness (QED) is 0.722. The maximum absolute atomic E-state index is 4.51. The molecule has 14 heavy (non-hydrogen) atoms. The SMILES string of the molecule is CC1CN=C(NC2CCCC2(C)C)S1. The van der Waals surface area contributed by atoms with Gasteiger partial charge in [-0.25, -0.2) is 0 Å². The van der Waals surface area contributed by atoms with Crippen LogP contribution in [-0.2, 0) is 0 Å². The molecule has 0 spiro atoms. The highest BCUT2D eigenvalue weighted by Gasteiger charge is 2.35. The molecule has 0 aromatic heterocycles. The summed E-state index contributed by atoms with van der Waals surface area (Å²) in [5.74, 6) is 0. The number of hydrogen-bond acceptors (Lipinski definition) is 3. The summed E-state index contributed by atoms with van der Waals surface area (Å²) >= 11 is 1.89. The van der Waals surface area contributed by atoms with Crippen LogP contribution in [0.15, 0.2) is 4.99 Å². The van der Waals surface area contributed by atoms with Crippen molar-refractivity contribution >= 4 is 16.9 Å². The summed E-state index contributed by atoms with van der Waals surface area (Å²) < 4.78 is 0. The van der Waals surface area contributed by atoms with Crippen LogP contribution >= 0.6 is 11.8 Å². The molecule has 1 aliphatic heterocycles. The fourth-order valence-corrected chi connectivity index (χ4v) is 3.19. The highest BCUT2D eigenvalue weighted by Crippen LogP contribution is 2.37. The normalized spacial score (nSPS) is 35.8. The van der Waals surface area contributed by atoms with Gasteiger partial charge in [0.2, 0.25) is 0 Å². The third kappa shape index (κ3) is 2.08. The fraction of sp³-hybridized carbons (Fsp3) is 0.909. The van der Waals surface area contributed by atoms with E-state index < -0.39 is 0 Å². The fourth-order valence-electron chi connectivity index (χ4n) is 2.30. The highest BCUT2D eigenvalue weighted by molar-refractivity contribution is 8.14. The van der Waals surface area contributed by atoms with Crippen molar-refractivity contribution in [2.24, 2.45) is 10.4 Å². The molecule has 1 fully saturated rings. The number of nitrogens with one attached hydrogen (secondary N) is 1. The van der Waals surface area contributed by atoms with Gasteiger partial charge in [0.15, 0.2) is 5.17 Å². The van der Waals surface area contributed by atoms with Crippen molar-refractivity contribution in [3.63, 3.8) is 0 Å². The highest BCUT2D eigenvalue weighted by atomic mass is 32.2. The number of thioether (sulfide) groups is 1. The summed E-state index contributed by atoms with van der Waals surface area (Å²) in [7, 11) is 0. The van der Waals surface area contributed by atoms with Gasteiger partial charge in [0.05, 0.1) is 6.54 Å². The Morgan fingerprint density at radius 3 is 2.79 bits per heavy atom. The lowest BCUT2D eigenvalue weighted by Gasteiger charge is -2.28. The van der Waals surface area contributed by atoms with Crippen LogP contribution in [0, 0.1) is 5.41 Å². The van der Waals surface area contributed by atoms with E-state index >= 15 is 0 Å². The summed E-state index contributed by atoms with van der Waals surface area (Å²) in [6.45, 7) is 7.95. The van der Waals surface area contributed by atoms with Crippen LogP contribution in [0.5, 0.6) is 0 Å². The topological polar surface area (TPSA) is 24.4 Å². The van der Waals surface area contributed by atoms with Gasteiger partial charge < -0.3 is 5.32 Å². The lowest BCUT2D eigenvalue weighted by molar-refractivity contribution is 0.312. The smallest absolute Gasteiger partial charge is 0.157 e. The molecule has 2 nitrogen and oxygen atoms in total. The summed E-state index contributed by atoms with van der Waals surface area (Å²) in [5.41, 5.74) is 0.453. The zero-order valence-corrected chi connectivity index (χ0v) is 10.2. The van der Waals surface area contributed by atoms with Gasteiger partial charge in [0.25, 0.3) is 0 Å². The van der Waals surface area contributed by atoms with E-state index in [1.54, 1.807) is 0 Å². The first-order valence-electron chi connectivity index (χ1n) is 5.55. The van der Waals surface area contributed by atoms with Crippen LogP contribution < -0.4 is 5.32 Å². The average Bonchev–Trinajstić information content (AvgIpc) is 2.61. The molecular formula is C11H20N2S. The lowest BCUT2D eigenvalue weighted by atomic mass is 9.87. The minimum Gasteiger partial charge on any atom is -0.362 e. The van der Waals surface area contributed by atoms with Crippen LogP contribution in [-0.4, -0.2) is 23.0 Å². The lowest BCUT2D eigenvalue weighted by Crippen LogP contribution is -2.40. The molecule has 1 aliphatic carbocycles. The number of amidine groups is 1. The van der Waals surface area contributed by atoms with Crippen molar-refractivity contribution in [1.82, 2.24) is 5.32 Å². The van der Waals surface area contributed by atoms with Crippen molar-refractivity contribution in [1.29, 1.82) is 0 Å². The summed E-state index contributed by atoms with van der Waals surface area (Å²) in [6, 6.07) is 0.638. The largest absolute Gasteiger partial charge is 0.362 e. The predicted octanol–water partition coefficient (Wildman–Crippen LogP) is 2.65. The molecule has 2 unspecified atom stereocenters. The summed E-state index contributed by atoms with van der Waals surface area (Å²) in [6.07, 6.45) is 4.01. The van der Waals surface area contributed by atoms with E-state index in [-0.39, 0.29) is 0 Å². The molecule has 80 valence electrons. The molecule has 1 heterocycles. The maximum Gasteiger partial charge on any atom is 0.157 e. The van der Waals surface area contributed by atoms with Gasteiger partial charge in [-0.3, -0.25) is 4.99 Å². The second kappa shape index (κ2) is 3.76. The molecule has 0 aromatic carbocycles. The average molecular weight is 212 g/mol. The minimum atomic E-state index is 0.453. The van der Waals surface area contributed by atoms with Crippen molar-refractivity contribution in [3.05, 3.63) is 0 Å². The predicted molar refractivity (Wildman–Crippen MR) is 63.9 cm³/mol. The van der Waals surface area contributed by atoms with Gasteiger partial charge in [-0.2, -0.15) is 0 Å². The molecule has 3 heteroatoms. The molecule has 1 N–H and O–H groups in total. The number of hydrogen-bond donors (Lipinski definition) is 1. The van der Waals surface area contributed by atoms with Gasteiger partial charge in [0.1, 0.15) is 0 Å². The van der Waals surface area contributed by atoms with E-state index in [0.717, 1.165) is 6.54 Å². The maximum atomic E-state index is 4.51. The Balaban J connectivity index is 1.92. The third-order valence-corrected chi connectivity index (χ3v) is 4.38. The second-order valence-electron chi connectivity index (χ2n) is 5.15. The molecule has 0 saturated heterocycles. The van der Waals surface area contributed by atoms with E-state index in [1.165, 1.54) is 24.4 Å². The molecule has 1 saturated carbocycles. The van der Waals surface area contributed by atoms with E-state index in [1.807, 2.05) is 11.8 Å². The zero-order valence-electron chi connectivity index (χ0n) is 9.34. The molecule has 0 amide bonds. The van der Waals surface area contributed by atoms with Crippen molar-refractivity contribution < 1.29 is 0 Å². The molecule has 2 atom stereocenters. The monoisotopic (exact) mass is 212 g/mol. The Kier molecular flexibility index (Phi) is 2.78. The van der Waals surface area contributed by atoms with E-state index in [9.17, 15) is 0 Å². The van der Waals surface area contributed by atoms with Gasteiger partial charge in [-0.15, -0.1) is 0 Å². The van der Waals surface area contributed by atoms with Crippen molar-refractivity contribution in [3.8, 4) is 0 Å². The van der Waals surface area contributed by atoms with Gasteiger partial charge in [-0.05, 0) is 18.3 Å². The third-order valence-electron chi connectivity index (χ3n) is 3.36. The molecule has 0 radical (unpaired) electrons. The first-order chi connectivity index (χ1) is 6.58. The van der Waals surface area contributed by atoms with E-state index in [4.69, 9.17) is 0 Å².